The van der Waals surface area contributed by atoms with Crippen LogP contribution in [-0.4, -0.2) is 5.78 Å². The van der Waals surface area contributed by atoms with Gasteiger partial charge in [0.05, 0.1) is 11.0 Å². The van der Waals surface area contributed by atoms with Crippen molar-refractivity contribution < 1.29 is 9.21 Å². The van der Waals surface area contributed by atoms with Gasteiger partial charge in [0.15, 0.2) is 5.78 Å². The minimum atomic E-state index is -0.210. The van der Waals surface area contributed by atoms with Gasteiger partial charge >= 0.3 is 0 Å². The number of carbonyl (C=O) groups excluding carboxylic acids is 1. The SMILES string of the molecule is C=C(C)[C@@]1(C)C[C@]1(c1ccccc1)c1cc(C(C)=O)c(C)o1. The smallest absolute Gasteiger partial charge is 0.163 e. The Hall–Kier alpha value is -2.09. The lowest BCUT2D eigenvalue weighted by Gasteiger charge is -2.22. The molecule has 1 aromatic carbocycles. The molecule has 2 nitrogen and oxygen atoms in total. The molecule has 0 unspecified atom stereocenters. The van der Waals surface area contributed by atoms with Crippen LogP contribution < -0.4 is 0 Å². The van der Waals surface area contributed by atoms with Crippen LogP contribution in [0, 0.1) is 12.3 Å². The van der Waals surface area contributed by atoms with Crippen LogP contribution in [0.3, 0.4) is 0 Å². The summed E-state index contributed by atoms with van der Waals surface area (Å²) in [5.74, 6) is 1.63. The van der Waals surface area contributed by atoms with Gasteiger partial charge in [0.25, 0.3) is 0 Å². The molecule has 2 heteroatoms. The summed E-state index contributed by atoms with van der Waals surface area (Å²) in [6.45, 7) is 11.9. The van der Waals surface area contributed by atoms with E-state index in [-0.39, 0.29) is 16.6 Å². The number of Topliss-reactive ketones (excluding diaryl/α,β-unsaturated/α-hetero) is 1. The lowest BCUT2D eigenvalue weighted by Crippen LogP contribution is -2.18. The third-order valence-electron chi connectivity index (χ3n) is 5.36. The Balaban J connectivity index is 2.20. The standard InChI is InChI=1S/C20H22O2/c1-13(2)19(5)12-20(19,16-9-7-6-8-10-16)18-11-17(14(3)21)15(4)22-18/h6-11H,1,12H2,2-5H3/t19-,20+/m1/s1. The van der Waals surface area contributed by atoms with Gasteiger partial charge in [-0.05, 0) is 38.8 Å². The van der Waals surface area contributed by atoms with E-state index in [1.807, 2.05) is 19.1 Å². The number of hydrogen-bond acceptors (Lipinski definition) is 2. The lowest BCUT2D eigenvalue weighted by atomic mass is 9.81. The van der Waals surface area contributed by atoms with Gasteiger partial charge in [-0.2, -0.15) is 0 Å². The van der Waals surface area contributed by atoms with Crippen LogP contribution in [0.15, 0.2) is 53.0 Å². The molecule has 114 valence electrons. The second-order valence-electron chi connectivity index (χ2n) is 6.70. The van der Waals surface area contributed by atoms with Gasteiger partial charge in [-0.25, -0.2) is 0 Å². The summed E-state index contributed by atoms with van der Waals surface area (Å²) in [5, 5.41) is 0. The van der Waals surface area contributed by atoms with Crippen molar-refractivity contribution in [2.45, 2.75) is 39.5 Å². The number of aryl methyl sites for hydroxylation is 1. The molecule has 0 aliphatic heterocycles. The summed E-state index contributed by atoms with van der Waals surface area (Å²) in [4.78, 5) is 11.8. The summed E-state index contributed by atoms with van der Waals surface area (Å²) >= 11 is 0. The molecule has 0 amide bonds. The highest BCUT2D eigenvalue weighted by Crippen LogP contribution is 2.71. The maximum Gasteiger partial charge on any atom is 0.163 e. The molecule has 2 aromatic rings. The second kappa shape index (κ2) is 4.70. The van der Waals surface area contributed by atoms with E-state index in [0.717, 1.165) is 17.8 Å². The highest BCUT2D eigenvalue weighted by atomic mass is 16.3. The van der Waals surface area contributed by atoms with E-state index in [9.17, 15) is 4.79 Å². The van der Waals surface area contributed by atoms with E-state index in [0.29, 0.717) is 11.3 Å². The van der Waals surface area contributed by atoms with Crippen molar-refractivity contribution in [3.8, 4) is 0 Å². The summed E-state index contributed by atoms with van der Waals surface area (Å²) in [6.07, 6.45) is 0.962. The number of rotatable bonds is 4. The van der Waals surface area contributed by atoms with Gasteiger partial charge in [-0.1, -0.05) is 49.4 Å². The number of ketones is 1. The molecule has 0 bridgehead atoms. The summed E-state index contributed by atoms with van der Waals surface area (Å²) in [5.41, 5.74) is 2.81. The van der Waals surface area contributed by atoms with Crippen LogP contribution in [0.5, 0.6) is 0 Å². The van der Waals surface area contributed by atoms with Crippen molar-refractivity contribution in [2.75, 3.05) is 0 Å². The molecule has 0 N–H and O–H groups in total. The average molecular weight is 294 g/mol. The fourth-order valence-electron chi connectivity index (χ4n) is 3.69. The van der Waals surface area contributed by atoms with Crippen LogP contribution in [0.1, 0.15) is 54.6 Å². The summed E-state index contributed by atoms with van der Waals surface area (Å²) in [6, 6.07) is 12.3. The molecule has 1 aromatic heterocycles. The van der Waals surface area contributed by atoms with Crippen LogP contribution in [0.25, 0.3) is 0 Å². The van der Waals surface area contributed by atoms with E-state index in [1.54, 1.807) is 6.92 Å². The number of benzene rings is 1. The van der Waals surface area contributed by atoms with Gasteiger partial charge in [0, 0.05) is 5.41 Å². The molecule has 2 atom stereocenters. The van der Waals surface area contributed by atoms with Gasteiger partial charge in [-0.15, -0.1) is 0 Å². The average Bonchev–Trinajstić information content (AvgIpc) is 2.95. The van der Waals surface area contributed by atoms with Gasteiger partial charge in [0.1, 0.15) is 11.5 Å². The monoisotopic (exact) mass is 294 g/mol. The topological polar surface area (TPSA) is 30.2 Å². The third kappa shape index (κ3) is 1.83. The maximum atomic E-state index is 11.8. The normalized spacial score (nSPS) is 26.7. The first-order chi connectivity index (χ1) is 10.3. The van der Waals surface area contributed by atoms with E-state index in [2.05, 4.69) is 44.7 Å². The van der Waals surface area contributed by atoms with Crippen LogP contribution >= 0.6 is 0 Å². The highest BCUT2D eigenvalue weighted by Gasteiger charge is 2.68. The molecule has 0 saturated heterocycles. The fraction of sp³-hybridized carbons (Fsp3) is 0.350. The third-order valence-corrected chi connectivity index (χ3v) is 5.36. The molecule has 0 spiro atoms. The predicted molar refractivity (Wildman–Crippen MR) is 88.2 cm³/mol. The van der Waals surface area contributed by atoms with E-state index in [4.69, 9.17) is 4.42 Å². The molecule has 0 radical (unpaired) electrons. The van der Waals surface area contributed by atoms with E-state index in [1.165, 1.54) is 5.56 Å². The first kappa shape index (κ1) is 14.8. The summed E-state index contributed by atoms with van der Waals surface area (Å²) < 4.78 is 6.04. The molecule has 1 aliphatic rings. The number of allylic oxidation sites excluding steroid dienone is 1. The molecular weight excluding hydrogens is 272 g/mol. The maximum absolute atomic E-state index is 11.8. The Morgan fingerprint density at radius 1 is 1.23 bits per heavy atom. The van der Waals surface area contributed by atoms with Gasteiger partial charge in [0.2, 0.25) is 0 Å². The molecular formula is C20H22O2. The Morgan fingerprint density at radius 2 is 1.86 bits per heavy atom. The molecule has 3 rings (SSSR count). The van der Waals surface area contributed by atoms with Crippen molar-refractivity contribution >= 4 is 5.78 Å². The summed E-state index contributed by atoms with van der Waals surface area (Å²) in [7, 11) is 0. The Labute approximate surface area is 131 Å². The quantitative estimate of drug-likeness (QED) is 0.582. The van der Waals surface area contributed by atoms with Crippen LogP contribution in [0.2, 0.25) is 0 Å². The Bertz CT molecular complexity index is 753. The Kier molecular flexibility index (Phi) is 3.17. The second-order valence-corrected chi connectivity index (χ2v) is 6.70. The van der Waals surface area contributed by atoms with E-state index >= 15 is 0 Å². The predicted octanol–water partition coefficient (Wildman–Crippen LogP) is 5.06. The molecule has 22 heavy (non-hydrogen) atoms. The van der Waals surface area contributed by atoms with Crippen molar-refractivity contribution in [2.24, 2.45) is 5.41 Å². The van der Waals surface area contributed by atoms with E-state index < -0.39 is 0 Å². The highest BCUT2D eigenvalue weighted by molar-refractivity contribution is 5.95. The number of furan rings is 1. The van der Waals surface area contributed by atoms with Gasteiger partial charge < -0.3 is 4.42 Å². The molecule has 1 aliphatic carbocycles. The zero-order valence-corrected chi connectivity index (χ0v) is 13.7. The largest absolute Gasteiger partial charge is 0.465 e. The minimum absolute atomic E-state index is 0.0350. The molecule has 1 saturated carbocycles. The van der Waals surface area contributed by atoms with Crippen molar-refractivity contribution in [3.63, 3.8) is 0 Å². The zero-order chi connectivity index (χ0) is 16.1. The molecule has 1 fully saturated rings. The van der Waals surface area contributed by atoms with Crippen molar-refractivity contribution in [1.82, 2.24) is 0 Å². The van der Waals surface area contributed by atoms with Crippen molar-refractivity contribution in [3.05, 3.63) is 71.2 Å². The molecule has 1 heterocycles. The first-order valence-corrected chi connectivity index (χ1v) is 7.66. The fourth-order valence-corrected chi connectivity index (χ4v) is 3.69. The van der Waals surface area contributed by atoms with Crippen molar-refractivity contribution in [1.29, 1.82) is 0 Å². The lowest BCUT2D eigenvalue weighted by molar-refractivity contribution is 0.101. The number of hydrogen-bond donors (Lipinski definition) is 0. The zero-order valence-electron chi connectivity index (χ0n) is 13.7. The minimum Gasteiger partial charge on any atom is -0.465 e. The van der Waals surface area contributed by atoms with Crippen LogP contribution in [0.4, 0.5) is 0 Å². The first-order valence-electron chi connectivity index (χ1n) is 7.66. The van der Waals surface area contributed by atoms with Crippen LogP contribution in [-0.2, 0) is 5.41 Å². The Morgan fingerprint density at radius 3 is 2.32 bits per heavy atom. The number of carbonyl (C=O) groups is 1. The van der Waals surface area contributed by atoms with Gasteiger partial charge in [-0.3, -0.25) is 4.79 Å².